The third-order valence-corrected chi connectivity index (χ3v) is 4.01. The molecular weight excluding hydrogens is 230 g/mol. The Morgan fingerprint density at radius 1 is 1.44 bits per heavy atom. The van der Waals surface area contributed by atoms with Crippen molar-refractivity contribution >= 4 is 11.9 Å². The number of carboxylic acids is 1. The molecule has 1 atom stereocenters. The lowest BCUT2D eigenvalue weighted by molar-refractivity contribution is -0.147. The molecular formula is C14H21NO3. The van der Waals surface area contributed by atoms with E-state index in [1.165, 1.54) is 6.42 Å². The second-order valence-corrected chi connectivity index (χ2v) is 5.61. The van der Waals surface area contributed by atoms with E-state index in [2.05, 4.69) is 11.4 Å². The fourth-order valence-corrected chi connectivity index (χ4v) is 2.60. The molecule has 1 amide bonds. The molecule has 0 aliphatic heterocycles. The van der Waals surface area contributed by atoms with Gasteiger partial charge < -0.3 is 10.4 Å². The molecule has 4 nitrogen and oxygen atoms in total. The number of rotatable bonds is 5. The van der Waals surface area contributed by atoms with Gasteiger partial charge in [0.05, 0.1) is 0 Å². The number of hydrogen-bond donors (Lipinski definition) is 2. The van der Waals surface area contributed by atoms with Gasteiger partial charge in [-0.3, -0.25) is 4.79 Å². The molecule has 0 radical (unpaired) electrons. The third kappa shape index (κ3) is 2.92. The number of aliphatic carboxylic acids is 1. The largest absolute Gasteiger partial charge is 0.480 e. The van der Waals surface area contributed by atoms with Crippen LogP contribution < -0.4 is 5.32 Å². The summed E-state index contributed by atoms with van der Waals surface area (Å²) in [7, 11) is 0. The van der Waals surface area contributed by atoms with Crippen molar-refractivity contribution in [3.8, 4) is 0 Å². The number of allylic oxidation sites excluding steroid dienone is 1. The average Bonchev–Trinajstić information content (AvgIpc) is 3.13. The second-order valence-electron chi connectivity index (χ2n) is 5.61. The predicted molar refractivity (Wildman–Crippen MR) is 68.1 cm³/mol. The minimum absolute atomic E-state index is 0.0966. The summed E-state index contributed by atoms with van der Waals surface area (Å²) in [6, 6.07) is 0. The van der Waals surface area contributed by atoms with Crippen molar-refractivity contribution in [1.29, 1.82) is 0 Å². The molecule has 2 rings (SSSR count). The Labute approximate surface area is 107 Å². The zero-order valence-electron chi connectivity index (χ0n) is 10.9. The van der Waals surface area contributed by atoms with E-state index in [9.17, 15) is 14.7 Å². The van der Waals surface area contributed by atoms with Crippen molar-refractivity contribution in [3.05, 3.63) is 11.6 Å². The summed E-state index contributed by atoms with van der Waals surface area (Å²) in [5.41, 5.74) is 0.0778. The van der Waals surface area contributed by atoms with E-state index in [0.29, 0.717) is 6.42 Å². The summed E-state index contributed by atoms with van der Waals surface area (Å²) < 4.78 is 0. The van der Waals surface area contributed by atoms with Crippen molar-refractivity contribution in [3.63, 3.8) is 0 Å². The molecule has 0 bridgehead atoms. The molecule has 0 unspecified atom stereocenters. The number of carbonyl (C=O) groups excluding carboxylic acids is 1. The van der Waals surface area contributed by atoms with Gasteiger partial charge in [-0.2, -0.15) is 0 Å². The topological polar surface area (TPSA) is 66.4 Å². The number of amides is 1. The molecule has 0 spiro atoms. The molecule has 1 saturated carbocycles. The van der Waals surface area contributed by atoms with Crippen LogP contribution in [-0.4, -0.2) is 22.5 Å². The van der Waals surface area contributed by atoms with Gasteiger partial charge in [0.2, 0.25) is 5.91 Å². The summed E-state index contributed by atoms with van der Waals surface area (Å²) in [6.07, 6.45) is 8.62. The van der Waals surface area contributed by atoms with Crippen LogP contribution in [0, 0.1) is 5.92 Å². The molecule has 0 heterocycles. The fourth-order valence-electron chi connectivity index (χ4n) is 2.60. The average molecular weight is 251 g/mol. The van der Waals surface area contributed by atoms with Gasteiger partial charge in [-0.05, 0) is 51.4 Å². The minimum atomic E-state index is -1.08. The number of carboxylic acid groups (broad SMARTS) is 1. The highest BCUT2D eigenvalue weighted by Gasteiger charge is 2.48. The summed E-state index contributed by atoms with van der Waals surface area (Å²) >= 11 is 0. The zero-order valence-corrected chi connectivity index (χ0v) is 10.9. The van der Waals surface area contributed by atoms with Gasteiger partial charge in [-0.25, -0.2) is 4.79 Å². The smallest absolute Gasteiger partial charge is 0.329 e. The molecule has 2 N–H and O–H groups in total. The Morgan fingerprint density at radius 3 is 2.67 bits per heavy atom. The molecule has 1 fully saturated rings. The molecule has 2 aliphatic rings. The van der Waals surface area contributed by atoms with Crippen LogP contribution in [0.1, 0.15) is 51.9 Å². The number of carbonyl (C=O) groups is 2. The standard InChI is InChI=1S/C14H21NO3/c1-14(13(17)18,11-7-8-11)15-12(16)9-10-5-3-2-4-6-10/h5,11H,2-4,6-9H2,1H3,(H,15,16)(H,17,18)/t14-/m1/s1. The van der Waals surface area contributed by atoms with Crippen LogP contribution in [0.5, 0.6) is 0 Å². The van der Waals surface area contributed by atoms with E-state index in [1.54, 1.807) is 6.92 Å². The highest BCUT2D eigenvalue weighted by molar-refractivity contribution is 5.88. The monoisotopic (exact) mass is 251 g/mol. The van der Waals surface area contributed by atoms with Crippen molar-refractivity contribution in [2.45, 2.75) is 57.4 Å². The molecule has 100 valence electrons. The third-order valence-electron chi connectivity index (χ3n) is 4.01. The van der Waals surface area contributed by atoms with Gasteiger partial charge >= 0.3 is 5.97 Å². The van der Waals surface area contributed by atoms with Crippen molar-refractivity contribution < 1.29 is 14.7 Å². The van der Waals surface area contributed by atoms with Crippen molar-refractivity contribution in [1.82, 2.24) is 5.32 Å². The quantitative estimate of drug-likeness (QED) is 0.736. The first-order valence-electron chi connectivity index (χ1n) is 6.74. The molecule has 0 saturated heterocycles. The van der Waals surface area contributed by atoms with E-state index in [4.69, 9.17) is 0 Å². The van der Waals surface area contributed by atoms with Gasteiger partial charge in [-0.15, -0.1) is 0 Å². The zero-order chi connectivity index (χ0) is 13.2. The fraction of sp³-hybridized carbons (Fsp3) is 0.714. The molecule has 2 aliphatic carbocycles. The molecule has 4 heteroatoms. The lowest BCUT2D eigenvalue weighted by Gasteiger charge is -2.26. The summed E-state index contributed by atoms with van der Waals surface area (Å²) in [6.45, 7) is 1.63. The molecule has 0 aromatic carbocycles. The number of hydrogen-bond acceptors (Lipinski definition) is 2. The summed E-state index contributed by atoms with van der Waals surface area (Å²) in [5.74, 6) is -0.977. The first kappa shape index (κ1) is 13.1. The maximum Gasteiger partial charge on any atom is 0.329 e. The predicted octanol–water partition coefficient (Wildman–Crippen LogP) is 2.25. The van der Waals surface area contributed by atoms with Gasteiger partial charge in [0.25, 0.3) is 0 Å². The van der Waals surface area contributed by atoms with Crippen LogP contribution in [0.3, 0.4) is 0 Å². The van der Waals surface area contributed by atoms with Gasteiger partial charge in [0.1, 0.15) is 5.54 Å². The SMILES string of the molecule is C[C@](NC(=O)CC1=CCCCC1)(C(=O)O)C1CC1. The lowest BCUT2D eigenvalue weighted by Crippen LogP contribution is -2.54. The maximum absolute atomic E-state index is 11.9. The Kier molecular flexibility index (Phi) is 3.73. The van der Waals surface area contributed by atoms with E-state index in [0.717, 1.165) is 37.7 Å². The van der Waals surface area contributed by atoms with E-state index < -0.39 is 11.5 Å². The Balaban J connectivity index is 1.93. The highest BCUT2D eigenvalue weighted by Crippen LogP contribution is 2.39. The van der Waals surface area contributed by atoms with E-state index >= 15 is 0 Å². The van der Waals surface area contributed by atoms with E-state index in [1.807, 2.05) is 0 Å². The van der Waals surface area contributed by atoms with Gasteiger partial charge in [-0.1, -0.05) is 11.6 Å². The van der Waals surface area contributed by atoms with Gasteiger partial charge in [0.15, 0.2) is 0 Å². The Morgan fingerprint density at radius 2 is 2.17 bits per heavy atom. The maximum atomic E-state index is 11.9. The first-order valence-corrected chi connectivity index (χ1v) is 6.74. The van der Waals surface area contributed by atoms with Crippen LogP contribution in [0.2, 0.25) is 0 Å². The van der Waals surface area contributed by atoms with Crippen molar-refractivity contribution in [2.24, 2.45) is 5.92 Å². The van der Waals surface area contributed by atoms with Crippen molar-refractivity contribution in [2.75, 3.05) is 0 Å². The normalized spacial score (nSPS) is 22.8. The summed E-state index contributed by atoms with van der Waals surface area (Å²) in [4.78, 5) is 23.2. The van der Waals surface area contributed by atoms with E-state index in [-0.39, 0.29) is 11.8 Å². The lowest BCUT2D eigenvalue weighted by atomic mass is 9.93. The van der Waals surface area contributed by atoms with Crippen LogP contribution in [0.15, 0.2) is 11.6 Å². The first-order chi connectivity index (χ1) is 8.52. The molecule has 0 aromatic rings. The molecule has 18 heavy (non-hydrogen) atoms. The Hall–Kier alpha value is -1.32. The Bertz CT molecular complexity index is 385. The highest BCUT2D eigenvalue weighted by atomic mass is 16.4. The van der Waals surface area contributed by atoms with Crippen LogP contribution in [0.25, 0.3) is 0 Å². The second kappa shape index (κ2) is 5.12. The van der Waals surface area contributed by atoms with Crippen LogP contribution in [0.4, 0.5) is 0 Å². The van der Waals surface area contributed by atoms with Crippen LogP contribution in [-0.2, 0) is 9.59 Å². The van der Waals surface area contributed by atoms with Crippen LogP contribution >= 0.6 is 0 Å². The number of nitrogens with one attached hydrogen (secondary N) is 1. The summed E-state index contributed by atoms with van der Waals surface area (Å²) in [5, 5.41) is 12.0. The van der Waals surface area contributed by atoms with Gasteiger partial charge in [0, 0.05) is 6.42 Å². The molecule has 0 aromatic heterocycles. The minimum Gasteiger partial charge on any atom is -0.480 e.